The van der Waals surface area contributed by atoms with E-state index in [1.807, 2.05) is 6.08 Å². The van der Waals surface area contributed by atoms with Gasteiger partial charge in [-0.25, -0.2) is 0 Å². The molecule has 0 aliphatic carbocycles. The molecule has 1 aliphatic rings. The van der Waals surface area contributed by atoms with Crippen LogP contribution in [-0.2, 0) is 23.8 Å². The number of allylic oxidation sites excluding steroid dienone is 11. The van der Waals surface area contributed by atoms with Crippen molar-refractivity contribution in [1.82, 2.24) is 5.32 Å². The van der Waals surface area contributed by atoms with Crippen LogP contribution in [0, 0.1) is 0 Å². The van der Waals surface area contributed by atoms with Crippen LogP contribution >= 0.6 is 0 Å². The van der Waals surface area contributed by atoms with E-state index in [9.17, 15) is 35.1 Å². The van der Waals surface area contributed by atoms with Crippen molar-refractivity contribution in [2.45, 2.75) is 416 Å². The summed E-state index contributed by atoms with van der Waals surface area (Å²) in [6, 6.07) is -0.825. The van der Waals surface area contributed by atoms with Crippen LogP contribution in [0.15, 0.2) is 72.9 Å². The fraction of sp³-hybridized carbons (Fsp3) is 0.829. The van der Waals surface area contributed by atoms with Gasteiger partial charge < -0.3 is 45.1 Å². The standard InChI is InChI=1S/C82H149NO10/c1-3-5-7-9-11-13-14-15-16-40-44-47-50-54-58-62-66-70-78(87)91-71-67-63-59-55-51-48-45-42-39-37-35-33-31-29-27-25-23-21-19-17-18-20-22-24-26-28-30-32-34-36-38-41-43-46-49-53-57-61-65-69-77(86)83-74(75(85)68-64-60-56-52-12-10-8-6-4-2)73-92-82-81(90)80(89)79(88)76(72-84)93-82/h11-13,15-18,21,23,52,64,68,74-76,79-82,84-85,88-90H,3-10,14,19-20,22,24-51,53-63,65-67,69-73H2,1-2H3,(H,83,86)/b13-11-,16-15-,18-17-,23-21-,52-12+,68-64+. The van der Waals surface area contributed by atoms with Gasteiger partial charge in [0.1, 0.15) is 24.4 Å². The second-order valence-electron chi connectivity index (χ2n) is 27.4. The van der Waals surface area contributed by atoms with Gasteiger partial charge in [-0.05, 0) is 109 Å². The Bertz CT molecular complexity index is 1780. The molecule has 542 valence electrons. The van der Waals surface area contributed by atoms with Gasteiger partial charge in [-0.15, -0.1) is 0 Å². The fourth-order valence-electron chi connectivity index (χ4n) is 12.3. The molecule has 11 nitrogen and oxygen atoms in total. The maximum atomic E-state index is 13.0. The number of amides is 1. The summed E-state index contributed by atoms with van der Waals surface area (Å²) in [6.45, 7) is 4.28. The molecule has 7 unspecified atom stereocenters. The predicted molar refractivity (Wildman–Crippen MR) is 393 cm³/mol. The average molecular weight is 1310 g/mol. The highest BCUT2D eigenvalue weighted by Crippen LogP contribution is 2.23. The topological polar surface area (TPSA) is 175 Å². The molecular formula is C82H149NO10. The molecule has 1 rings (SSSR count). The number of hydrogen-bond donors (Lipinski definition) is 6. The lowest BCUT2D eigenvalue weighted by atomic mass is 9.99. The molecule has 1 aliphatic heterocycles. The monoisotopic (exact) mass is 1310 g/mol. The van der Waals surface area contributed by atoms with Crippen molar-refractivity contribution in [2.75, 3.05) is 19.8 Å². The van der Waals surface area contributed by atoms with Crippen LogP contribution in [0.25, 0.3) is 0 Å². The molecule has 0 aromatic heterocycles. The van der Waals surface area contributed by atoms with Crippen LogP contribution in [0.5, 0.6) is 0 Å². The molecule has 0 aromatic rings. The number of rotatable bonds is 70. The van der Waals surface area contributed by atoms with Gasteiger partial charge in [-0.3, -0.25) is 9.59 Å². The number of unbranched alkanes of at least 4 members (excludes halogenated alkanes) is 46. The zero-order chi connectivity index (χ0) is 67.2. The van der Waals surface area contributed by atoms with Gasteiger partial charge in [0.05, 0.1) is 32.0 Å². The summed E-state index contributed by atoms with van der Waals surface area (Å²) < 4.78 is 16.7. The number of aliphatic hydroxyl groups excluding tert-OH is 5. The Hall–Kier alpha value is -2.90. The van der Waals surface area contributed by atoms with Gasteiger partial charge in [-0.1, -0.05) is 324 Å². The Morgan fingerprint density at radius 3 is 1.13 bits per heavy atom. The summed E-state index contributed by atoms with van der Waals surface area (Å²) in [4.78, 5) is 25.1. The van der Waals surface area contributed by atoms with Crippen molar-refractivity contribution < 1.29 is 49.3 Å². The minimum atomic E-state index is -1.58. The quantitative estimate of drug-likeness (QED) is 0.0195. The first-order valence-electron chi connectivity index (χ1n) is 39.7. The maximum absolute atomic E-state index is 13.0. The van der Waals surface area contributed by atoms with Gasteiger partial charge in [0.25, 0.3) is 0 Å². The molecule has 0 aromatic carbocycles. The number of nitrogens with one attached hydrogen (secondary N) is 1. The van der Waals surface area contributed by atoms with Crippen molar-refractivity contribution in [2.24, 2.45) is 0 Å². The van der Waals surface area contributed by atoms with Crippen LogP contribution in [-0.4, -0.2) is 100 Å². The van der Waals surface area contributed by atoms with E-state index in [0.717, 1.165) is 70.6 Å². The normalized spacial score (nSPS) is 17.9. The number of carbonyl (C=O) groups is 2. The lowest BCUT2D eigenvalue weighted by Crippen LogP contribution is -2.60. The van der Waals surface area contributed by atoms with Gasteiger partial charge in [0.15, 0.2) is 6.29 Å². The minimum Gasteiger partial charge on any atom is -0.466 e. The third kappa shape index (κ3) is 58.9. The molecule has 1 amide bonds. The molecule has 1 saturated heterocycles. The first kappa shape index (κ1) is 88.1. The Labute approximate surface area is 572 Å². The lowest BCUT2D eigenvalue weighted by Gasteiger charge is -2.40. The predicted octanol–water partition coefficient (Wildman–Crippen LogP) is 21.4. The Balaban J connectivity index is 1.86. The molecule has 1 heterocycles. The minimum absolute atomic E-state index is 0.00654. The van der Waals surface area contributed by atoms with Crippen molar-refractivity contribution in [3.8, 4) is 0 Å². The lowest BCUT2D eigenvalue weighted by molar-refractivity contribution is -0.302. The summed E-state index contributed by atoms with van der Waals surface area (Å²) in [7, 11) is 0. The first-order valence-corrected chi connectivity index (χ1v) is 39.7. The number of esters is 1. The van der Waals surface area contributed by atoms with Gasteiger partial charge >= 0.3 is 5.97 Å². The summed E-state index contributed by atoms with van der Waals surface area (Å²) in [5.74, 6) is -0.184. The molecule has 0 radical (unpaired) electrons. The van der Waals surface area contributed by atoms with Crippen LogP contribution in [0.2, 0.25) is 0 Å². The van der Waals surface area contributed by atoms with E-state index < -0.39 is 49.5 Å². The van der Waals surface area contributed by atoms with E-state index in [2.05, 4.69) is 79.9 Å². The van der Waals surface area contributed by atoms with E-state index in [-0.39, 0.29) is 18.5 Å². The SMILES string of the molecule is CCCCC/C=C\C/C=C\CCCCCCCCCC(=O)OCCCCCCCCCCCCCCCCC/C=C\C/C=C\CCCCCCCCCCCCCCCCCCCC(=O)NC(COC1OC(CO)C(O)C(O)C1O)C(O)/C=C/CC/C=C/CCCCC. The maximum Gasteiger partial charge on any atom is 0.305 e. The smallest absolute Gasteiger partial charge is 0.305 e. The largest absolute Gasteiger partial charge is 0.466 e. The Kier molecular flexibility index (Phi) is 66.7. The van der Waals surface area contributed by atoms with Crippen LogP contribution < -0.4 is 5.32 Å². The zero-order valence-electron chi connectivity index (χ0n) is 60.5. The van der Waals surface area contributed by atoms with E-state index in [4.69, 9.17) is 14.2 Å². The first-order chi connectivity index (χ1) is 45.7. The summed E-state index contributed by atoms with van der Waals surface area (Å²) in [5, 5.41) is 54.3. The second-order valence-corrected chi connectivity index (χ2v) is 27.4. The molecule has 0 bridgehead atoms. The van der Waals surface area contributed by atoms with Crippen molar-refractivity contribution in [1.29, 1.82) is 0 Å². The molecule has 0 saturated carbocycles. The third-order valence-electron chi connectivity index (χ3n) is 18.5. The number of carbonyl (C=O) groups excluding carboxylic acids is 2. The highest BCUT2D eigenvalue weighted by Gasteiger charge is 2.44. The molecule has 7 atom stereocenters. The molecular weight excluding hydrogens is 1160 g/mol. The van der Waals surface area contributed by atoms with E-state index in [1.165, 1.54) is 276 Å². The van der Waals surface area contributed by atoms with Crippen LogP contribution in [0.3, 0.4) is 0 Å². The summed E-state index contributed by atoms with van der Waals surface area (Å²) in [5.41, 5.74) is 0. The van der Waals surface area contributed by atoms with Gasteiger partial charge in [0.2, 0.25) is 5.91 Å². The zero-order valence-corrected chi connectivity index (χ0v) is 60.5. The van der Waals surface area contributed by atoms with E-state index in [1.54, 1.807) is 6.08 Å². The van der Waals surface area contributed by atoms with Gasteiger partial charge in [-0.2, -0.15) is 0 Å². The summed E-state index contributed by atoms with van der Waals surface area (Å²) in [6.07, 6.45) is 86.8. The fourth-order valence-corrected chi connectivity index (χ4v) is 12.3. The number of aliphatic hydroxyl groups is 5. The number of hydrogen-bond acceptors (Lipinski definition) is 10. The third-order valence-corrected chi connectivity index (χ3v) is 18.5. The second kappa shape index (κ2) is 70.4. The van der Waals surface area contributed by atoms with Crippen molar-refractivity contribution in [3.63, 3.8) is 0 Å². The van der Waals surface area contributed by atoms with E-state index >= 15 is 0 Å². The highest BCUT2D eigenvalue weighted by atomic mass is 16.7. The molecule has 0 spiro atoms. The van der Waals surface area contributed by atoms with Crippen LogP contribution in [0.1, 0.15) is 373 Å². The Morgan fingerprint density at radius 1 is 0.398 bits per heavy atom. The molecule has 6 N–H and O–H groups in total. The molecule has 1 fully saturated rings. The number of ether oxygens (including phenoxy) is 3. The summed E-state index contributed by atoms with van der Waals surface area (Å²) >= 11 is 0. The van der Waals surface area contributed by atoms with Gasteiger partial charge in [0, 0.05) is 12.8 Å². The molecule has 93 heavy (non-hydrogen) atoms. The molecule has 11 heteroatoms. The van der Waals surface area contributed by atoms with Crippen LogP contribution in [0.4, 0.5) is 0 Å². The average Bonchev–Trinajstić information content (AvgIpc) is 0.878. The van der Waals surface area contributed by atoms with Crippen molar-refractivity contribution >= 4 is 11.9 Å². The van der Waals surface area contributed by atoms with E-state index in [0.29, 0.717) is 19.4 Å². The van der Waals surface area contributed by atoms with Crippen molar-refractivity contribution in [3.05, 3.63) is 72.9 Å². The Morgan fingerprint density at radius 2 is 0.731 bits per heavy atom. The highest BCUT2D eigenvalue weighted by molar-refractivity contribution is 5.76.